The molecule has 0 saturated carbocycles. The molecule has 0 radical (unpaired) electrons. The number of esters is 1. The van der Waals surface area contributed by atoms with Crippen molar-refractivity contribution in [2.75, 3.05) is 25.6 Å². The minimum Gasteiger partial charge on any atom is -0.467 e. The van der Waals surface area contributed by atoms with Crippen molar-refractivity contribution in [2.24, 2.45) is 0 Å². The molecule has 1 amide bonds. The summed E-state index contributed by atoms with van der Waals surface area (Å²) in [7, 11) is 3.07. The van der Waals surface area contributed by atoms with Crippen LogP contribution in [0.1, 0.15) is 27.7 Å². The molecule has 1 N–H and O–H groups in total. The molecule has 0 aliphatic rings. The number of pyridine rings is 1. The van der Waals surface area contributed by atoms with Gasteiger partial charge in [-0.25, -0.2) is 4.79 Å². The molecule has 0 aliphatic carbocycles. The zero-order valence-corrected chi connectivity index (χ0v) is 15.2. The average molecular weight is 337 g/mol. The highest BCUT2D eigenvalue weighted by molar-refractivity contribution is 5.87. The lowest BCUT2D eigenvalue weighted by Crippen LogP contribution is -2.52. The standard InChI is InChI=1S/C17H27N3O4/c1-12(24-17(2,3)4)15(16(22)23-6)19-14(21)11-20(5)13-7-9-18-10-8-13/h7-10,12,15H,11H2,1-6H3,(H,19,21)/t12-,15+/m0/s1. The Morgan fingerprint density at radius 1 is 1.29 bits per heavy atom. The molecule has 134 valence electrons. The summed E-state index contributed by atoms with van der Waals surface area (Å²) in [5, 5.41) is 2.69. The second-order valence-electron chi connectivity index (χ2n) is 6.57. The number of hydrogen-bond acceptors (Lipinski definition) is 6. The molecule has 7 nitrogen and oxygen atoms in total. The average Bonchev–Trinajstić information content (AvgIpc) is 2.50. The molecule has 1 rings (SSSR count). The third kappa shape index (κ3) is 6.54. The van der Waals surface area contributed by atoms with Gasteiger partial charge in [0.05, 0.1) is 25.4 Å². The number of carbonyl (C=O) groups is 2. The molecule has 1 aromatic rings. The van der Waals surface area contributed by atoms with E-state index in [2.05, 4.69) is 10.3 Å². The minimum absolute atomic E-state index is 0.0970. The van der Waals surface area contributed by atoms with Crippen LogP contribution in [0.4, 0.5) is 5.69 Å². The first kappa shape index (κ1) is 19.9. The van der Waals surface area contributed by atoms with E-state index in [4.69, 9.17) is 9.47 Å². The number of nitrogens with zero attached hydrogens (tertiary/aromatic N) is 2. The quantitative estimate of drug-likeness (QED) is 0.757. The van der Waals surface area contributed by atoms with E-state index < -0.39 is 23.7 Å². The lowest BCUT2D eigenvalue weighted by molar-refractivity contribution is -0.153. The van der Waals surface area contributed by atoms with Crippen LogP contribution in [-0.2, 0) is 19.1 Å². The van der Waals surface area contributed by atoms with Gasteiger partial charge in [-0.3, -0.25) is 9.78 Å². The molecule has 0 aliphatic heterocycles. The number of amides is 1. The van der Waals surface area contributed by atoms with Crippen molar-refractivity contribution < 1.29 is 19.1 Å². The van der Waals surface area contributed by atoms with E-state index in [-0.39, 0.29) is 12.5 Å². The van der Waals surface area contributed by atoms with Crippen LogP contribution >= 0.6 is 0 Å². The molecule has 2 atom stereocenters. The third-order valence-corrected chi connectivity index (χ3v) is 3.26. The van der Waals surface area contributed by atoms with Gasteiger partial charge >= 0.3 is 5.97 Å². The maximum atomic E-state index is 12.3. The molecular weight excluding hydrogens is 310 g/mol. The smallest absolute Gasteiger partial charge is 0.331 e. The van der Waals surface area contributed by atoms with Crippen LogP contribution in [0.5, 0.6) is 0 Å². The number of anilines is 1. The van der Waals surface area contributed by atoms with E-state index in [1.54, 1.807) is 43.4 Å². The first-order valence-corrected chi connectivity index (χ1v) is 7.80. The summed E-state index contributed by atoms with van der Waals surface area (Å²) >= 11 is 0. The molecule has 0 saturated heterocycles. The summed E-state index contributed by atoms with van der Waals surface area (Å²) in [6, 6.07) is 2.74. The van der Waals surface area contributed by atoms with Crippen molar-refractivity contribution in [1.82, 2.24) is 10.3 Å². The van der Waals surface area contributed by atoms with Crippen LogP contribution in [-0.4, -0.2) is 55.3 Å². The Morgan fingerprint density at radius 3 is 2.38 bits per heavy atom. The van der Waals surface area contributed by atoms with Crippen molar-refractivity contribution in [2.45, 2.75) is 45.4 Å². The molecule has 1 heterocycles. The fourth-order valence-electron chi connectivity index (χ4n) is 2.24. The highest BCUT2D eigenvalue weighted by Gasteiger charge is 2.31. The minimum atomic E-state index is -0.868. The molecule has 0 bridgehead atoms. The Morgan fingerprint density at radius 2 is 1.88 bits per heavy atom. The number of rotatable bonds is 7. The van der Waals surface area contributed by atoms with Gasteiger partial charge < -0.3 is 19.7 Å². The normalized spacial score (nSPS) is 13.8. The van der Waals surface area contributed by atoms with Crippen molar-refractivity contribution in [3.63, 3.8) is 0 Å². The van der Waals surface area contributed by atoms with Crippen LogP contribution in [0.2, 0.25) is 0 Å². The number of carbonyl (C=O) groups excluding carboxylic acids is 2. The van der Waals surface area contributed by atoms with Gasteiger partial charge in [0.25, 0.3) is 0 Å². The van der Waals surface area contributed by atoms with Crippen molar-refractivity contribution >= 4 is 17.6 Å². The summed E-state index contributed by atoms with van der Waals surface area (Å²) < 4.78 is 10.6. The Bertz CT molecular complexity index is 543. The topological polar surface area (TPSA) is 80.8 Å². The maximum Gasteiger partial charge on any atom is 0.331 e. The summed E-state index contributed by atoms with van der Waals surface area (Å²) in [6.07, 6.45) is 2.79. The van der Waals surface area contributed by atoms with Crippen molar-refractivity contribution in [3.05, 3.63) is 24.5 Å². The monoisotopic (exact) mass is 337 g/mol. The van der Waals surface area contributed by atoms with Gasteiger partial charge in [0, 0.05) is 25.1 Å². The lowest BCUT2D eigenvalue weighted by Gasteiger charge is -2.30. The fraction of sp³-hybridized carbons (Fsp3) is 0.588. The van der Waals surface area contributed by atoms with Gasteiger partial charge in [-0.1, -0.05) is 0 Å². The number of aromatic nitrogens is 1. The van der Waals surface area contributed by atoms with Crippen LogP contribution < -0.4 is 10.2 Å². The Hall–Kier alpha value is -2.15. The first-order valence-electron chi connectivity index (χ1n) is 7.80. The van der Waals surface area contributed by atoms with E-state index in [1.807, 2.05) is 20.8 Å². The predicted molar refractivity (Wildman–Crippen MR) is 91.8 cm³/mol. The summed E-state index contributed by atoms with van der Waals surface area (Å²) in [5.74, 6) is -0.833. The number of nitrogens with one attached hydrogen (secondary N) is 1. The van der Waals surface area contributed by atoms with Gasteiger partial charge in [0.2, 0.25) is 5.91 Å². The zero-order valence-electron chi connectivity index (χ0n) is 15.2. The summed E-state index contributed by atoms with van der Waals surface area (Å²) in [5.41, 5.74) is 0.415. The predicted octanol–water partition coefficient (Wildman–Crippen LogP) is 1.38. The van der Waals surface area contributed by atoms with E-state index >= 15 is 0 Å². The SMILES string of the molecule is COC(=O)[C@H](NC(=O)CN(C)c1ccncc1)[C@H](C)OC(C)(C)C. The van der Waals surface area contributed by atoms with Gasteiger partial charge in [0.15, 0.2) is 6.04 Å². The van der Waals surface area contributed by atoms with Crippen molar-refractivity contribution in [3.8, 4) is 0 Å². The maximum absolute atomic E-state index is 12.3. The molecule has 0 aromatic carbocycles. The molecule has 0 fully saturated rings. The van der Waals surface area contributed by atoms with Gasteiger partial charge in [-0.2, -0.15) is 0 Å². The number of hydrogen-bond donors (Lipinski definition) is 1. The summed E-state index contributed by atoms with van der Waals surface area (Å²) in [6.45, 7) is 7.49. The van der Waals surface area contributed by atoms with Gasteiger partial charge in [-0.15, -0.1) is 0 Å². The van der Waals surface area contributed by atoms with E-state index in [9.17, 15) is 9.59 Å². The molecule has 0 unspecified atom stereocenters. The van der Waals surface area contributed by atoms with Crippen LogP contribution in [0, 0.1) is 0 Å². The fourth-order valence-corrected chi connectivity index (χ4v) is 2.24. The van der Waals surface area contributed by atoms with Crippen LogP contribution in [0.25, 0.3) is 0 Å². The van der Waals surface area contributed by atoms with E-state index in [1.165, 1.54) is 7.11 Å². The van der Waals surface area contributed by atoms with Crippen LogP contribution in [0.3, 0.4) is 0 Å². The molecule has 7 heteroatoms. The number of ether oxygens (including phenoxy) is 2. The molecule has 24 heavy (non-hydrogen) atoms. The lowest BCUT2D eigenvalue weighted by atomic mass is 10.1. The summed E-state index contributed by atoms with van der Waals surface area (Å²) in [4.78, 5) is 30.0. The molecule has 0 spiro atoms. The Balaban J connectivity index is 2.72. The van der Waals surface area contributed by atoms with E-state index in [0.717, 1.165) is 5.69 Å². The number of methoxy groups -OCH3 is 1. The molecular formula is C17H27N3O4. The Kier molecular flexibility index (Phi) is 7.16. The van der Waals surface area contributed by atoms with Gasteiger partial charge in [0.1, 0.15) is 0 Å². The largest absolute Gasteiger partial charge is 0.467 e. The second kappa shape index (κ2) is 8.63. The highest BCUT2D eigenvalue weighted by atomic mass is 16.5. The van der Waals surface area contributed by atoms with Crippen molar-refractivity contribution in [1.29, 1.82) is 0 Å². The highest BCUT2D eigenvalue weighted by Crippen LogP contribution is 2.14. The first-order chi connectivity index (χ1) is 11.1. The molecule has 1 aromatic heterocycles. The van der Waals surface area contributed by atoms with Crippen LogP contribution in [0.15, 0.2) is 24.5 Å². The third-order valence-electron chi connectivity index (χ3n) is 3.26. The Labute approximate surface area is 143 Å². The van der Waals surface area contributed by atoms with E-state index in [0.29, 0.717) is 0 Å². The number of likely N-dealkylation sites (N-methyl/N-ethyl adjacent to an activating group) is 1. The zero-order chi connectivity index (χ0) is 18.3. The van der Waals surface area contributed by atoms with Gasteiger partial charge in [-0.05, 0) is 39.8 Å². The second-order valence-corrected chi connectivity index (χ2v) is 6.57.